The van der Waals surface area contributed by atoms with Crippen molar-refractivity contribution in [2.24, 2.45) is 0 Å². The first-order valence-electron chi connectivity index (χ1n) is 7.07. The maximum Gasteiger partial charge on any atom is 0.327 e. The highest BCUT2D eigenvalue weighted by Gasteiger charge is 2.31. The number of nitrogens with one attached hydrogen (secondary N) is 1. The molecule has 6 nitrogen and oxygen atoms in total. The third-order valence-electron chi connectivity index (χ3n) is 4.01. The lowest BCUT2D eigenvalue weighted by atomic mass is 10.2. The molecule has 2 aliphatic heterocycles. The second-order valence-electron chi connectivity index (χ2n) is 5.38. The molecule has 2 N–H and O–H groups in total. The fourth-order valence-electron chi connectivity index (χ4n) is 2.95. The number of hydrogen-bond donors (Lipinski definition) is 2. The van der Waals surface area contributed by atoms with Gasteiger partial charge in [0.05, 0.1) is 0 Å². The van der Waals surface area contributed by atoms with E-state index in [-0.39, 0.29) is 12.5 Å². The van der Waals surface area contributed by atoms with E-state index >= 15 is 0 Å². The van der Waals surface area contributed by atoms with Gasteiger partial charge in [-0.1, -0.05) is 0 Å². The summed E-state index contributed by atoms with van der Waals surface area (Å²) in [7, 11) is 0. The van der Waals surface area contributed by atoms with Gasteiger partial charge in [0.25, 0.3) is 0 Å². The highest BCUT2D eigenvalue weighted by Crippen LogP contribution is 2.21. The van der Waals surface area contributed by atoms with Crippen molar-refractivity contribution < 1.29 is 14.7 Å². The predicted molar refractivity (Wildman–Crippen MR) is 74.2 cm³/mol. The van der Waals surface area contributed by atoms with Gasteiger partial charge in [-0.15, -0.1) is 12.3 Å². The van der Waals surface area contributed by atoms with Gasteiger partial charge in [-0.05, 0) is 25.8 Å². The standard InChI is InChI=1S/C14H21N3O3/c1-2-5-12(13(18)19)15-14(20)17-9-4-8-16-7-3-6-11(16)10-17/h1,11-12H,3-10H2,(H,15,20)(H,18,19). The quantitative estimate of drug-likeness (QED) is 0.731. The van der Waals surface area contributed by atoms with Gasteiger partial charge < -0.3 is 15.3 Å². The number of nitrogens with zero attached hydrogens (tertiary/aromatic N) is 2. The minimum atomic E-state index is -1.09. The Labute approximate surface area is 119 Å². The van der Waals surface area contributed by atoms with Crippen molar-refractivity contribution in [3.05, 3.63) is 0 Å². The second kappa shape index (κ2) is 6.62. The third kappa shape index (κ3) is 3.42. The van der Waals surface area contributed by atoms with E-state index in [0.29, 0.717) is 19.1 Å². The molecular formula is C14H21N3O3. The first-order valence-corrected chi connectivity index (χ1v) is 7.07. The van der Waals surface area contributed by atoms with Crippen molar-refractivity contribution in [1.29, 1.82) is 0 Å². The SMILES string of the molecule is C#CCC(NC(=O)N1CCCN2CCCC2C1)C(=O)O. The van der Waals surface area contributed by atoms with Crippen LogP contribution in [0.2, 0.25) is 0 Å². The Morgan fingerprint density at radius 1 is 1.35 bits per heavy atom. The summed E-state index contributed by atoms with van der Waals surface area (Å²) in [5.74, 6) is 1.20. The number of rotatable bonds is 3. The van der Waals surface area contributed by atoms with Crippen LogP contribution in [0.15, 0.2) is 0 Å². The molecule has 0 aromatic rings. The third-order valence-corrected chi connectivity index (χ3v) is 4.01. The lowest BCUT2D eigenvalue weighted by Crippen LogP contribution is -2.50. The molecule has 2 rings (SSSR count). The summed E-state index contributed by atoms with van der Waals surface area (Å²) in [5, 5.41) is 11.5. The summed E-state index contributed by atoms with van der Waals surface area (Å²) in [6.07, 6.45) is 8.35. The maximum absolute atomic E-state index is 12.2. The molecule has 0 aliphatic carbocycles. The van der Waals surface area contributed by atoms with E-state index in [2.05, 4.69) is 16.1 Å². The number of amides is 2. The molecule has 6 heteroatoms. The highest BCUT2D eigenvalue weighted by atomic mass is 16.4. The van der Waals surface area contributed by atoms with Crippen molar-refractivity contribution in [1.82, 2.24) is 15.1 Å². The second-order valence-corrected chi connectivity index (χ2v) is 5.38. The van der Waals surface area contributed by atoms with Crippen molar-refractivity contribution in [3.63, 3.8) is 0 Å². The fraction of sp³-hybridized carbons (Fsp3) is 0.714. The number of terminal acetylenes is 1. The zero-order valence-corrected chi connectivity index (χ0v) is 11.5. The molecule has 2 amide bonds. The zero-order valence-electron chi connectivity index (χ0n) is 11.5. The minimum absolute atomic E-state index is 0.00443. The molecule has 2 fully saturated rings. The molecule has 2 heterocycles. The highest BCUT2D eigenvalue weighted by molar-refractivity contribution is 5.82. The van der Waals surface area contributed by atoms with Crippen LogP contribution in [-0.4, -0.2) is 65.2 Å². The summed E-state index contributed by atoms with van der Waals surface area (Å²) in [5.41, 5.74) is 0. The smallest absolute Gasteiger partial charge is 0.327 e. The Balaban J connectivity index is 1.94. The molecule has 2 aliphatic rings. The van der Waals surface area contributed by atoms with Crippen LogP contribution in [0.4, 0.5) is 4.79 Å². The number of urea groups is 1. The fourth-order valence-corrected chi connectivity index (χ4v) is 2.95. The number of carboxylic acids is 1. The molecule has 0 saturated carbocycles. The van der Waals surface area contributed by atoms with Gasteiger partial charge in [0, 0.05) is 32.1 Å². The van der Waals surface area contributed by atoms with E-state index < -0.39 is 12.0 Å². The van der Waals surface area contributed by atoms with Crippen LogP contribution in [0.1, 0.15) is 25.7 Å². The van der Waals surface area contributed by atoms with Crippen LogP contribution in [0, 0.1) is 12.3 Å². The van der Waals surface area contributed by atoms with E-state index in [4.69, 9.17) is 11.5 Å². The lowest BCUT2D eigenvalue weighted by molar-refractivity contribution is -0.139. The molecule has 0 aromatic heterocycles. The maximum atomic E-state index is 12.2. The van der Waals surface area contributed by atoms with E-state index in [1.165, 1.54) is 6.42 Å². The molecule has 0 spiro atoms. The monoisotopic (exact) mass is 279 g/mol. The topological polar surface area (TPSA) is 72.9 Å². The number of carbonyl (C=O) groups excluding carboxylic acids is 1. The van der Waals surface area contributed by atoms with Gasteiger partial charge in [-0.2, -0.15) is 0 Å². The van der Waals surface area contributed by atoms with Gasteiger partial charge >= 0.3 is 12.0 Å². The molecule has 110 valence electrons. The van der Waals surface area contributed by atoms with Crippen molar-refractivity contribution >= 4 is 12.0 Å². The van der Waals surface area contributed by atoms with E-state index in [1.807, 2.05) is 0 Å². The van der Waals surface area contributed by atoms with E-state index in [1.54, 1.807) is 4.90 Å². The van der Waals surface area contributed by atoms with Gasteiger partial charge in [-0.3, -0.25) is 4.90 Å². The van der Waals surface area contributed by atoms with Gasteiger partial charge in [0.15, 0.2) is 0 Å². The Morgan fingerprint density at radius 2 is 2.10 bits per heavy atom. The first kappa shape index (κ1) is 14.7. The van der Waals surface area contributed by atoms with Crippen LogP contribution >= 0.6 is 0 Å². The van der Waals surface area contributed by atoms with Crippen LogP contribution in [0.5, 0.6) is 0 Å². The first-order chi connectivity index (χ1) is 9.61. The molecule has 2 saturated heterocycles. The molecule has 2 unspecified atom stereocenters. The zero-order chi connectivity index (χ0) is 14.5. The molecular weight excluding hydrogens is 258 g/mol. The predicted octanol–water partition coefficient (Wildman–Crippen LogP) is 0.343. The van der Waals surface area contributed by atoms with Gasteiger partial charge in [0.2, 0.25) is 0 Å². The lowest BCUT2D eigenvalue weighted by Gasteiger charge is -2.26. The Kier molecular flexibility index (Phi) is 4.85. The number of hydrogen-bond acceptors (Lipinski definition) is 3. The normalized spacial score (nSPS) is 24.4. The Bertz CT molecular complexity index is 418. The van der Waals surface area contributed by atoms with Crippen LogP contribution in [0.3, 0.4) is 0 Å². The van der Waals surface area contributed by atoms with Crippen molar-refractivity contribution in [2.45, 2.75) is 37.8 Å². The minimum Gasteiger partial charge on any atom is -0.480 e. The average molecular weight is 279 g/mol. The largest absolute Gasteiger partial charge is 0.480 e. The molecule has 0 bridgehead atoms. The summed E-state index contributed by atoms with van der Waals surface area (Å²) < 4.78 is 0. The van der Waals surface area contributed by atoms with Gasteiger partial charge in [-0.25, -0.2) is 9.59 Å². The Hall–Kier alpha value is -1.74. The van der Waals surface area contributed by atoms with Crippen molar-refractivity contribution in [3.8, 4) is 12.3 Å². The Morgan fingerprint density at radius 3 is 2.80 bits per heavy atom. The van der Waals surface area contributed by atoms with E-state index in [0.717, 1.165) is 25.9 Å². The van der Waals surface area contributed by atoms with Gasteiger partial charge in [0.1, 0.15) is 6.04 Å². The number of carboxylic acid groups (broad SMARTS) is 1. The molecule has 2 atom stereocenters. The molecule has 0 radical (unpaired) electrons. The number of fused-ring (bicyclic) bond motifs is 1. The summed E-state index contributed by atoms with van der Waals surface area (Å²) in [4.78, 5) is 27.4. The summed E-state index contributed by atoms with van der Waals surface area (Å²) >= 11 is 0. The average Bonchev–Trinajstić information content (AvgIpc) is 2.75. The summed E-state index contributed by atoms with van der Waals surface area (Å²) in [6.45, 7) is 3.46. The van der Waals surface area contributed by atoms with Crippen LogP contribution < -0.4 is 5.32 Å². The number of carbonyl (C=O) groups is 2. The molecule has 0 aromatic carbocycles. The summed E-state index contributed by atoms with van der Waals surface area (Å²) in [6, 6.07) is -0.906. The van der Waals surface area contributed by atoms with Crippen LogP contribution in [-0.2, 0) is 4.79 Å². The van der Waals surface area contributed by atoms with E-state index in [9.17, 15) is 9.59 Å². The number of aliphatic carboxylic acids is 1. The van der Waals surface area contributed by atoms with Crippen LogP contribution in [0.25, 0.3) is 0 Å². The molecule has 20 heavy (non-hydrogen) atoms. The van der Waals surface area contributed by atoms with Crippen molar-refractivity contribution in [2.75, 3.05) is 26.2 Å².